The van der Waals surface area contributed by atoms with E-state index in [0.29, 0.717) is 5.56 Å². The molecule has 33 heavy (non-hydrogen) atoms. The standard InChI is InChI=1S/C20H21ClF3NO8/c1-10(33-25-28)8-29-18(27)31-9-30-17(26)12-5-11-6-14(21)13(19(2,3)4)7-15(11)32-16(12)20(22,23)24/h5-7,10,16H,8-9H2,1-4H3/t10?,16-/m0/s1. The molecule has 0 spiro atoms. The van der Waals surface area contributed by atoms with Gasteiger partial charge < -0.3 is 23.8 Å². The molecule has 1 aromatic rings. The van der Waals surface area contributed by atoms with Crippen molar-refractivity contribution >= 4 is 29.8 Å². The van der Waals surface area contributed by atoms with Crippen LogP contribution in [0.3, 0.4) is 0 Å². The monoisotopic (exact) mass is 495 g/mol. The van der Waals surface area contributed by atoms with Crippen molar-refractivity contribution in [3.8, 4) is 5.75 Å². The molecule has 0 saturated heterocycles. The van der Waals surface area contributed by atoms with Gasteiger partial charge in [0.2, 0.25) is 12.9 Å². The van der Waals surface area contributed by atoms with Crippen LogP contribution in [-0.2, 0) is 29.3 Å². The number of benzene rings is 1. The minimum absolute atomic E-state index is 0.0934. The number of fused-ring (bicyclic) bond motifs is 1. The van der Waals surface area contributed by atoms with E-state index in [9.17, 15) is 27.7 Å². The molecule has 1 heterocycles. The molecule has 13 heteroatoms. The molecule has 0 radical (unpaired) electrons. The molecule has 2 rings (SSSR count). The molecule has 0 amide bonds. The van der Waals surface area contributed by atoms with E-state index in [4.69, 9.17) is 16.3 Å². The fourth-order valence-electron chi connectivity index (χ4n) is 2.75. The Bertz CT molecular complexity index is 942. The van der Waals surface area contributed by atoms with Crippen LogP contribution in [0.15, 0.2) is 23.0 Å². The van der Waals surface area contributed by atoms with Crippen LogP contribution in [0.4, 0.5) is 18.0 Å². The Morgan fingerprint density at radius 2 is 1.85 bits per heavy atom. The summed E-state index contributed by atoms with van der Waals surface area (Å²) >= 11 is 6.26. The van der Waals surface area contributed by atoms with Gasteiger partial charge in [0.25, 0.3) is 0 Å². The Morgan fingerprint density at radius 3 is 2.42 bits per heavy atom. The van der Waals surface area contributed by atoms with Crippen molar-refractivity contribution in [3.05, 3.63) is 38.8 Å². The summed E-state index contributed by atoms with van der Waals surface area (Å²) in [7, 11) is 0. The second-order valence-corrected chi connectivity index (χ2v) is 8.41. The average Bonchev–Trinajstić information content (AvgIpc) is 2.69. The number of halogens is 4. The van der Waals surface area contributed by atoms with E-state index in [1.807, 2.05) is 20.8 Å². The molecule has 0 bridgehead atoms. The van der Waals surface area contributed by atoms with Gasteiger partial charge in [0.15, 0.2) is 11.4 Å². The van der Waals surface area contributed by atoms with Crippen LogP contribution in [0, 0.1) is 4.91 Å². The van der Waals surface area contributed by atoms with Gasteiger partial charge in [-0.1, -0.05) is 32.4 Å². The quantitative estimate of drug-likeness (QED) is 0.223. The van der Waals surface area contributed by atoms with E-state index < -0.39 is 54.9 Å². The zero-order valence-corrected chi connectivity index (χ0v) is 18.8. The molecule has 0 aliphatic carbocycles. The number of carbonyl (C=O) groups excluding carboxylic acids is 2. The maximum atomic E-state index is 13.6. The zero-order chi connectivity index (χ0) is 25.0. The third-order valence-electron chi connectivity index (χ3n) is 4.30. The van der Waals surface area contributed by atoms with Gasteiger partial charge in [-0.05, 0) is 36.1 Å². The Hall–Kier alpha value is -3.02. The summed E-state index contributed by atoms with van der Waals surface area (Å²) in [5.74, 6) is -1.52. The molecular formula is C20H21ClF3NO8. The van der Waals surface area contributed by atoms with E-state index in [-0.39, 0.29) is 16.3 Å². The summed E-state index contributed by atoms with van der Waals surface area (Å²) in [6.07, 6.45) is -8.75. The van der Waals surface area contributed by atoms with E-state index in [0.717, 1.165) is 6.08 Å². The average molecular weight is 496 g/mol. The van der Waals surface area contributed by atoms with Crippen LogP contribution in [0.2, 0.25) is 5.02 Å². The third-order valence-corrected chi connectivity index (χ3v) is 4.62. The number of nitrogens with zero attached hydrogens (tertiary/aromatic N) is 1. The van der Waals surface area contributed by atoms with Gasteiger partial charge in [0.05, 0.1) is 5.57 Å². The Morgan fingerprint density at radius 1 is 1.18 bits per heavy atom. The van der Waals surface area contributed by atoms with E-state index in [1.165, 1.54) is 19.1 Å². The first-order valence-corrected chi connectivity index (χ1v) is 9.86. The number of rotatable bonds is 7. The highest BCUT2D eigenvalue weighted by Gasteiger charge is 2.49. The lowest BCUT2D eigenvalue weighted by Gasteiger charge is -2.30. The number of hydrogen-bond acceptors (Lipinski definition) is 9. The molecule has 1 aliphatic rings. The van der Waals surface area contributed by atoms with Gasteiger partial charge in [-0.15, -0.1) is 4.91 Å². The first-order chi connectivity index (χ1) is 15.2. The van der Waals surface area contributed by atoms with Crippen molar-refractivity contribution < 1.29 is 46.5 Å². The summed E-state index contributed by atoms with van der Waals surface area (Å²) in [6, 6.07) is 2.79. The molecule has 1 unspecified atom stereocenters. The lowest BCUT2D eigenvalue weighted by atomic mass is 9.85. The highest BCUT2D eigenvalue weighted by Crippen LogP contribution is 2.42. The molecule has 9 nitrogen and oxygen atoms in total. The lowest BCUT2D eigenvalue weighted by Crippen LogP contribution is -2.41. The Balaban J connectivity index is 2.14. The summed E-state index contributed by atoms with van der Waals surface area (Å²) < 4.78 is 59.5. The Kier molecular flexibility index (Phi) is 8.17. The first-order valence-electron chi connectivity index (χ1n) is 9.48. The summed E-state index contributed by atoms with van der Waals surface area (Å²) in [5.41, 5.74) is -0.603. The van der Waals surface area contributed by atoms with Crippen LogP contribution < -0.4 is 4.74 Å². The fraction of sp³-hybridized carbons (Fsp3) is 0.500. The van der Waals surface area contributed by atoms with Gasteiger partial charge in [-0.3, -0.25) is 0 Å². The highest BCUT2D eigenvalue weighted by molar-refractivity contribution is 6.31. The predicted molar refractivity (Wildman–Crippen MR) is 108 cm³/mol. The fourth-order valence-corrected chi connectivity index (χ4v) is 3.20. The number of hydrogen-bond donors (Lipinski definition) is 0. The topological polar surface area (TPSA) is 110 Å². The van der Waals surface area contributed by atoms with Crippen LogP contribution in [0.5, 0.6) is 5.75 Å². The van der Waals surface area contributed by atoms with Gasteiger partial charge in [-0.2, -0.15) is 13.2 Å². The molecule has 182 valence electrons. The van der Waals surface area contributed by atoms with Crippen molar-refractivity contribution in [1.29, 1.82) is 0 Å². The second kappa shape index (κ2) is 10.3. The van der Waals surface area contributed by atoms with Crippen molar-refractivity contribution in [1.82, 2.24) is 0 Å². The molecule has 0 N–H and O–H groups in total. The van der Waals surface area contributed by atoms with Crippen LogP contribution >= 0.6 is 11.6 Å². The molecule has 1 aliphatic heterocycles. The van der Waals surface area contributed by atoms with Gasteiger partial charge >= 0.3 is 18.3 Å². The minimum Gasteiger partial charge on any atom is -0.475 e. The van der Waals surface area contributed by atoms with E-state index in [1.54, 1.807) is 0 Å². The molecule has 0 saturated carbocycles. The third kappa shape index (κ3) is 6.98. The number of ether oxygens (including phenoxy) is 4. The second-order valence-electron chi connectivity index (χ2n) is 8.00. The molecule has 0 fully saturated rings. The van der Waals surface area contributed by atoms with Crippen molar-refractivity contribution in [2.45, 2.75) is 51.5 Å². The first kappa shape index (κ1) is 26.2. The van der Waals surface area contributed by atoms with E-state index in [2.05, 4.69) is 24.4 Å². The molecule has 2 atom stereocenters. The molecule has 1 aromatic carbocycles. The van der Waals surface area contributed by atoms with Gasteiger partial charge in [-0.25, -0.2) is 9.59 Å². The summed E-state index contributed by atoms with van der Waals surface area (Å²) in [6.45, 7) is 5.44. The highest BCUT2D eigenvalue weighted by atomic mass is 35.5. The number of carbonyl (C=O) groups is 2. The van der Waals surface area contributed by atoms with Crippen LogP contribution in [0.25, 0.3) is 6.08 Å². The maximum absolute atomic E-state index is 13.6. The van der Waals surface area contributed by atoms with Crippen LogP contribution in [-0.4, -0.2) is 43.9 Å². The normalized spacial score (nSPS) is 16.5. The van der Waals surface area contributed by atoms with Crippen molar-refractivity contribution in [2.24, 2.45) is 5.34 Å². The maximum Gasteiger partial charge on any atom is 0.511 e. The number of alkyl halides is 3. The largest absolute Gasteiger partial charge is 0.511 e. The van der Waals surface area contributed by atoms with Crippen LogP contribution in [0.1, 0.15) is 38.8 Å². The smallest absolute Gasteiger partial charge is 0.475 e. The Labute approximate surface area is 191 Å². The zero-order valence-electron chi connectivity index (χ0n) is 18.0. The van der Waals surface area contributed by atoms with Crippen molar-refractivity contribution in [3.63, 3.8) is 0 Å². The number of esters is 1. The SMILES string of the molecule is CC(COC(=O)OCOC(=O)C1=Cc2cc(Cl)c(C(C)(C)C)cc2O[C@@H]1C(F)(F)F)ON=O. The van der Waals surface area contributed by atoms with Gasteiger partial charge in [0.1, 0.15) is 12.4 Å². The summed E-state index contributed by atoms with van der Waals surface area (Å²) in [5, 5.41) is 2.43. The molecular weight excluding hydrogens is 475 g/mol. The van der Waals surface area contributed by atoms with Gasteiger partial charge in [0, 0.05) is 10.6 Å². The van der Waals surface area contributed by atoms with E-state index >= 15 is 0 Å². The van der Waals surface area contributed by atoms with Crippen molar-refractivity contribution in [2.75, 3.05) is 13.4 Å². The minimum atomic E-state index is -4.94. The molecule has 0 aromatic heterocycles. The lowest BCUT2D eigenvalue weighted by molar-refractivity contribution is -0.189. The predicted octanol–water partition coefficient (Wildman–Crippen LogP) is 5.08. The summed E-state index contributed by atoms with van der Waals surface area (Å²) in [4.78, 5) is 37.9.